The summed E-state index contributed by atoms with van der Waals surface area (Å²) in [5, 5.41) is 6.12. The van der Waals surface area contributed by atoms with Gasteiger partial charge in [0.2, 0.25) is 0 Å². The molecule has 6 nitrogen and oxygen atoms in total. The summed E-state index contributed by atoms with van der Waals surface area (Å²) < 4.78 is 0. The monoisotopic (exact) mass is 242 g/mol. The van der Waals surface area contributed by atoms with Crippen molar-refractivity contribution >= 4 is 23.0 Å². The van der Waals surface area contributed by atoms with Crippen LogP contribution in [0, 0.1) is 0 Å². The van der Waals surface area contributed by atoms with Gasteiger partial charge in [-0.2, -0.15) is 0 Å². The number of nitrogens with zero attached hydrogens (tertiary/aromatic N) is 3. The molecule has 4 N–H and O–H groups in total. The van der Waals surface area contributed by atoms with Crippen LogP contribution in [0.4, 0.5) is 23.0 Å². The van der Waals surface area contributed by atoms with Crippen LogP contribution in [-0.4, -0.2) is 21.5 Å². The van der Waals surface area contributed by atoms with Gasteiger partial charge in [0.05, 0.1) is 11.9 Å². The second-order valence-electron chi connectivity index (χ2n) is 3.52. The molecule has 0 saturated carbocycles. The third kappa shape index (κ3) is 2.73. The molecule has 0 aromatic carbocycles. The highest BCUT2D eigenvalue weighted by molar-refractivity contribution is 5.77. The maximum Gasteiger partial charge on any atom is 0.159 e. The summed E-state index contributed by atoms with van der Waals surface area (Å²) >= 11 is 0. The van der Waals surface area contributed by atoms with Crippen LogP contribution in [0.1, 0.15) is 0 Å². The second-order valence-corrected chi connectivity index (χ2v) is 3.52. The van der Waals surface area contributed by atoms with Gasteiger partial charge in [0.1, 0.15) is 12.0 Å². The average Bonchev–Trinajstić information content (AvgIpc) is 2.41. The van der Waals surface area contributed by atoms with Crippen molar-refractivity contribution < 1.29 is 0 Å². The Balaban J connectivity index is 2.20. The van der Waals surface area contributed by atoms with Crippen LogP contribution in [-0.2, 0) is 0 Å². The molecule has 0 aliphatic rings. The summed E-state index contributed by atoms with van der Waals surface area (Å²) in [5.74, 6) is 1.13. The van der Waals surface area contributed by atoms with Crippen molar-refractivity contribution in [2.24, 2.45) is 0 Å². The van der Waals surface area contributed by atoms with E-state index in [1.165, 1.54) is 6.33 Å². The zero-order chi connectivity index (χ0) is 12.8. The molecule has 6 heteroatoms. The van der Waals surface area contributed by atoms with E-state index in [-0.39, 0.29) is 0 Å². The standard InChI is InChI=1S/C12H14N6/c1-2-5-15-11-10(13)12(17-8-16-11)18-9-4-3-6-14-7-9/h2-4,6-8H,1,5,13H2,(H2,15,16,17,18). The minimum absolute atomic E-state index is 0.461. The van der Waals surface area contributed by atoms with Crippen LogP contribution in [0.3, 0.4) is 0 Å². The molecular weight excluding hydrogens is 228 g/mol. The molecule has 0 saturated heterocycles. The highest BCUT2D eigenvalue weighted by Gasteiger charge is 2.07. The first-order chi connectivity index (χ1) is 8.81. The van der Waals surface area contributed by atoms with Gasteiger partial charge in [-0.25, -0.2) is 9.97 Å². The van der Waals surface area contributed by atoms with E-state index in [0.717, 1.165) is 5.69 Å². The van der Waals surface area contributed by atoms with E-state index in [9.17, 15) is 0 Å². The Labute approximate surface area is 105 Å². The molecule has 92 valence electrons. The van der Waals surface area contributed by atoms with Gasteiger partial charge in [0.25, 0.3) is 0 Å². The summed E-state index contributed by atoms with van der Waals surface area (Å²) in [4.78, 5) is 12.2. The molecule has 0 fully saturated rings. The van der Waals surface area contributed by atoms with Gasteiger partial charge in [-0.15, -0.1) is 6.58 Å². The highest BCUT2D eigenvalue weighted by Crippen LogP contribution is 2.24. The Bertz CT molecular complexity index is 525. The van der Waals surface area contributed by atoms with Crippen molar-refractivity contribution in [3.63, 3.8) is 0 Å². The fraction of sp³-hybridized carbons (Fsp3) is 0.0833. The molecule has 2 heterocycles. The van der Waals surface area contributed by atoms with Crippen molar-refractivity contribution in [2.45, 2.75) is 0 Å². The van der Waals surface area contributed by atoms with Gasteiger partial charge in [-0.05, 0) is 12.1 Å². The number of nitrogens with two attached hydrogens (primary N) is 1. The topological polar surface area (TPSA) is 88.8 Å². The van der Waals surface area contributed by atoms with E-state index >= 15 is 0 Å². The van der Waals surface area contributed by atoms with E-state index in [2.05, 4.69) is 32.2 Å². The van der Waals surface area contributed by atoms with Gasteiger partial charge in [0.15, 0.2) is 11.6 Å². The molecular formula is C12H14N6. The Morgan fingerprint density at radius 1 is 1.33 bits per heavy atom. The first kappa shape index (κ1) is 11.8. The molecule has 2 aromatic rings. The highest BCUT2D eigenvalue weighted by atomic mass is 15.1. The lowest BCUT2D eigenvalue weighted by molar-refractivity contribution is 1.14. The summed E-state index contributed by atoms with van der Waals surface area (Å²) in [7, 11) is 0. The molecule has 0 bridgehead atoms. The largest absolute Gasteiger partial charge is 0.393 e. The summed E-state index contributed by atoms with van der Waals surface area (Å²) in [6.07, 6.45) is 6.57. The maximum absolute atomic E-state index is 5.97. The maximum atomic E-state index is 5.97. The second kappa shape index (κ2) is 5.62. The van der Waals surface area contributed by atoms with Crippen LogP contribution >= 0.6 is 0 Å². The molecule has 0 radical (unpaired) electrons. The first-order valence-electron chi connectivity index (χ1n) is 5.43. The Hall–Kier alpha value is -2.63. The van der Waals surface area contributed by atoms with Crippen LogP contribution < -0.4 is 16.4 Å². The Morgan fingerprint density at radius 3 is 2.89 bits per heavy atom. The van der Waals surface area contributed by atoms with Gasteiger partial charge in [0, 0.05) is 12.7 Å². The molecule has 0 unspecified atom stereocenters. The van der Waals surface area contributed by atoms with Crippen LogP contribution in [0.25, 0.3) is 0 Å². The zero-order valence-corrected chi connectivity index (χ0v) is 9.80. The lowest BCUT2D eigenvalue weighted by Crippen LogP contribution is -2.07. The van der Waals surface area contributed by atoms with Gasteiger partial charge < -0.3 is 16.4 Å². The fourth-order valence-electron chi connectivity index (χ4n) is 1.38. The zero-order valence-electron chi connectivity index (χ0n) is 9.80. The lowest BCUT2D eigenvalue weighted by atomic mass is 10.3. The molecule has 2 rings (SSSR count). The molecule has 0 spiro atoms. The molecule has 18 heavy (non-hydrogen) atoms. The smallest absolute Gasteiger partial charge is 0.159 e. The number of anilines is 4. The Kier molecular flexibility index (Phi) is 3.70. The number of rotatable bonds is 5. The molecule has 0 aliphatic carbocycles. The van der Waals surface area contributed by atoms with Crippen LogP contribution in [0.2, 0.25) is 0 Å². The average molecular weight is 242 g/mol. The van der Waals surface area contributed by atoms with Crippen molar-refractivity contribution in [3.05, 3.63) is 43.5 Å². The third-order valence-corrected chi connectivity index (χ3v) is 2.22. The minimum Gasteiger partial charge on any atom is -0.393 e. The van der Waals surface area contributed by atoms with Crippen molar-refractivity contribution in [2.75, 3.05) is 22.9 Å². The minimum atomic E-state index is 0.461. The molecule has 0 amide bonds. The Morgan fingerprint density at radius 2 is 2.17 bits per heavy atom. The predicted octanol–water partition coefficient (Wildman–Crippen LogP) is 1.80. The van der Waals surface area contributed by atoms with Crippen molar-refractivity contribution in [1.29, 1.82) is 0 Å². The third-order valence-electron chi connectivity index (χ3n) is 2.22. The van der Waals surface area contributed by atoms with Crippen LogP contribution in [0.15, 0.2) is 43.5 Å². The normalized spacial score (nSPS) is 9.78. The van der Waals surface area contributed by atoms with Crippen molar-refractivity contribution in [3.8, 4) is 0 Å². The summed E-state index contributed by atoms with van der Waals surface area (Å²) in [5.41, 5.74) is 7.25. The van der Waals surface area contributed by atoms with E-state index in [0.29, 0.717) is 23.9 Å². The number of hydrogen-bond donors (Lipinski definition) is 3. The number of nitrogen functional groups attached to an aromatic ring is 1. The van der Waals surface area contributed by atoms with E-state index in [1.807, 2.05) is 12.1 Å². The lowest BCUT2D eigenvalue weighted by Gasteiger charge is -2.11. The van der Waals surface area contributed by atoms with Gasteiger partial charge >= 0.3 is 0 Å². The summed E-state index contributed by atoms with van der Waals surface area (Å²) in [6, 6.07) is 3.71. The number of aromatic nitrogens is 3. The SMILES string of the molecule is C=CCNc1ncnc(Nc2cccnc2)c1N. The van der Waals surface area contributed by atoms with Gasteiger partial charge in [-0.1, -0.05) is 6.08 Å². The first-order valence-corrected chi connectivity index (χ1v) is 5.43. The molecule has 2 aromatic heterocycles. The number of hydrogen-bond acceptors (Lipinski definition) is 6. The van der Waals surface area contributed by atoms with Crippen LogP contribution in [0.5, 0.6) is 0 Å². The van der Waals surface area contributed by atoms with E-state index in [4.69, 9.17) is 5.73 Å². The number of nitrogens with one attached hydrogen (secondary N) is 2. The van der Waals surface area contributed by atoms with Crippen molar-refractivity contribution in [1.82, 2.24) is 15.0 Å². The van der Waals surface area contributed by atoms with E-state index in [1.54, 1.807) is 18.5 Å². The van der Waals surface area contributed by atoms with E-state index < -0.39 is 0 Å². The summed E-state index contributed by atoms with van der Waals surface area (Å²) in [6.45, 7) is 4.22. The predicted molar refractivity (Wildman–Crippen MR) is 72.7 cm³/mol. The molecule has 0 aliphatic heterocycles. The quantitative estimate of drug-likeness (QED) is 0.693. The van der Waals surface area contributed by atoms with Gasteiger partial charge in [-0.3, -0.25) is 4.98 Å². The number of pyridine rings is 1. The molecule has 0 atom stereocenters. The fourth-order valence-corrected chi connectivity index (χ4v) is 1.38.